The molecule has 3 aliphatic rings. The minimum Gasteiger partial charge on any atom is -0.351 e. The molecule has 3 N–H and O–H groups in total. The molecular weight excluding hydrogens is 218 g/mol. The van der Waals surface area contributed by atoms with Gasteiger partial charge in [-0.1, -0.05) is 0 Å². The molecule has 3 rings (SSSR count). The van der Waals surface area contributed by atoms with Gasteiger partial charge in [-0.2, -0.15) is 0 Å². The van der Waals surface area contributed by atoms with E-state index in [1.54, 1.807) is 0 Å². The number of hydrogen-bond donors (Lipinski definition) is 3. The maximum Gasteiger partial charge on any atom is 0.242 e. The number of nitrogens with one attached hydrogen (secondary N) is 3. The van der Waals surface area contributed by atoms with Crippen LogP contribution in [0.5, 0.6) is 0 Å². The molecule has 17 heavy (non-hydrogen) atoms. The van der Waals surface area contributed by atoms with E-state index in [2.05, 4.69) is 16.0 Å². The van der Waals surface area contributed by atoms with Gasteiger partial charge in [0.25, 0.3) is 0 Å². The van der Waals surface area contributed by atoms with Gasteiger partial charge in [-0.05, 0) is 32.1 Å². The van der Waals surface area contributed by atoms with Crippen molar-refractivity contribution in [3.05, 3.63) is 0 Å². The molecule has 3 aliphatic heterocycles. The summed E-state index contributed by atoms with van der Waals surface area (Å²) in [7, 11) is 0. The summed E-state index contributed by atoms with van der Waals surface area (Å²) in [4.78, 5) is 23.0. The van der Waals surface area contributed by atoms with Crippen molar-refractivity contribution in [3.8, 4) is 0 Å². The van der Waals surface area contributed by atoms with Crippen LogP contribution in [-0.2, 0) is 9.59 Å². The number of hydrogen-bond acceptors (Lipinski definition) is 3. The number of rotatable bonds is 2. The van der Waals surface area contributed by atoms with Gasteiger partial charge >= 0.3 is 0 Å². The Kier molecular flexibility index (Phi) is 2.78. The second kappa shape index (κ2) is 4.29. The van der Waals surface area contributed by atoms with Crippen LogP contribution in [0.2, 0.25) is 0 Å². The third-order valence-electron chi connectivity index (χ3n) is 4.13. The van der Waals surface area contributed by atoms with Gasteiger partial charge in [0, 0.05) is 24.5 Å². The molecule has 0 radical (unpaired) electrons. The van der Waals surface area contributed by atoms with E-state index in [-0.39, 0.29) is 17.9 Å². The van der Waals surface area contributed by atoms with E-state index >= 15 is 0 Å². The normalized spacial score (nSPS) is 40.1. The van der Waals surface area contributed by atoms with Crippen molar-refractivity contribution in [1.82, 2.24) is 16.0 Å². The Balaban J connectivity index is 1.53. The van der Waals surface area contributed by atoms with E-state index < -0.39 is 0 Å². The number of piperidine rings is 1. The van der Waals surface area contributed by atoms with E-state index in [0.717, 1.165) is 12.8 Å². The first kappa shape index (κ1) is 11.0. The molecule has 0 aromatic carbocycles. The van der Waals surface area contributed by atoms with Gasteiger partial charge in [0.2, 0.25) is 11.8 Å². The van der Waals surface area contributed by atoms with Crippen LogP contribution in [0.4, 0.5) is 0 Å². The molecule has 0 aromatic rings. The Morgan fingerprint density at radius 3 is 2.47 bits per heavy atom. The minimum absolute atomic E-state index is 0.00199. The van der Waals surface area contributed by atoms with Crippen molar-refractivity contribution in [1.29, 1.82) is 0 Å². The highest BCUT2D eigenvalue weighted by Crippen LogP contribution is 2.26. The molecule has 5 heteroatoms. The summed E-state index contributed by atoms with van der Waals surface area (Å²) >= 11 is 0. The number of carbonyl (C=O) groups is 2. The fourth-order valence-electron chi connectivity index (χ4n) is 3.29. The molecule has 3 saturated heterocycles. The van der Waals surface area contributed by atoms with Crippen molar-refractivity contribution >= 4 is 11.8 Å². The van der Waals surface area contributed by atoms with Crippen LogP contribution in [0.1, 0.15) is 38.5 Å². The van der Waals surface area contributed by atoms with E-state index in [4.69, 9.17) is 0 Å². The highest BCUT2D eigenvalue weighted by Gasteiger charge is 2.35. The molecule has 2 unspecified atom stereocenters. The molecule has 94 valence electrons. The van der Waals surface area contributed by atoms with Crippen LogP contribution in [0.25, 0.3) is 0 Å². The first-order valence-electron chi connectivity index (χ1n) is 6.56. The van der Waals surface area contributed by atoms with E-state index in [1.807, 2.05) is 0 Å². The largest absolute Gasteiger partial charge is 0.351 e. The van der Waals surface area contributed by atoms with Crippen molar-refractivity contribution in [2.45, 2.75) is 62.7 Å². The fourth-order valence-corrected chi connectivity index (χ4v) is 3.29. The summed E-state index contributed by atoms with van der Waals surface area (Å²) in [5, 5.41) is 9.35. The van der Waals surface area contributed by atoms with Crippen molar-refractivity contribution < 1.29 is 9.59 Å². The summed E-state index contributed by atoms with van der Waals surface area (Å²) in [6.07, 6.45) is 5.65. The zero-order valence-electron chi connectivity index (χ0n) is 9.87. The quantitative estimate of drug-likeness (QED) is 0.615. The lowest BCUT2D eigenvalue weighted by molar-refractivity contribution is -0.126. The molecule has 0 spiro atoms. The molecular formula is C12H19N3O2. The second-order valence-electron chi connectivity index (χ2n) is 5.47. The van der Waals surface area contributed by atoms with Crippen molar-refractivity contribution in [2.24, 2.45) is 0 Å². The highest BCUT2D eigenvalue weighted by molar-refractivity contribution is 5.90. The number of amides is 2. The van der Waals surface area contributed by atoms with Gasteiger partial charge in [0.1, 0.15) is 6.04 Å². The molecule has 5 nitrogen and oxygen atoms in total. The summed E-state index contributed by atoms with van der Waals surface area (Å²) in [6.45, 7) is 0. The van der Waals surface area contributed by atoms with Gasteiger partial charge in [0.05, 0.1) is 0 Å². The topological polar surface area (TPSA) is 70.2 Å². The zero-order chi connectivity index (χ0) is 11.8. The maximum atomic E-state index is 11.9. The first-order chi connectivity index (χ1) is 8.20. The molecule has 0 aliphatic carbocycles. The molecule has 3 fully saturated rings. The number of fused-ring (bicyclic) bond motifs is 2. The Labute approximate surface area is 101 Å². The fraction of sp³-hybridized carbons (Fsp3) is 0.833. The second-order valence-corrected chi connectivity index (χ2v) is 5.47. The Bertz CT molecular complexity index is 333. The molecule has 3 atom stereocenters. The average Bonchev–Trinajstić information content (AvgIpc) is 2.85. The van der Waals surface area contributed by atoms with Crippen LogP contribution < -0.4 is 16.0 Å². The van der Waals surface area contributed by atoms with E-state index in [1.165, 1.54) is 12.8 Å². The van der Waals surface area contributed by atoms with Crippen LogP contribution in [0.15, 0.2) is 0 Å². The van der Waals surface area contributed by atoms with Crippen LogP contribution >= 0.6 is 0 Å². The third-order valence-corrected chi connectivity index (χ3v) is 4.13. The smallest absolute Gasteiger partial charge is 0.242 e. The first-order valence-corrected chi connectivity index (χ1v) is 6.56. The predicted molar refractivity (Wildman–Crippen MR) is 62.3 cm³/mol. The standard InChI is InChI=1S/C12H19N3O2/c16-11-4-3-10(15-11)12(17)14-9-5-7-1-2-8(6-9)13-7/h7-10,13H,1-6H2,(H,14,17)(H,15,16)/t7?,8?,9?,10-/m0/s1. The van der Waals surface area contributed by atoms with Crippen molar-refractivity contribution in [3.63, 3.8) is 0 Å². The Hall–Kier alpha value is -1.10. The lowest BCUT2D eigenvalue weighted by atomic mass is 9.99. The zero-order valence-corrected chi connectivity index (χ0v) is 9.87. The lowest BCUT2D eigenvalue weighted by Crippen LogP contribution is -2.51. The van der Waals surface area contributed by atoms with Crippen LogP contribution in [0, 0.1) is 0 Å². The predicted octanol–water partition coefficient (Wildman–Crippen LogP) is -0.336. The summed E-state index contributed by atoms with van der Waals surface area (Å²) < 4.78 is 0. The Morgan fingerprint density at radius 2 is 1.88 bits per heavy atom. The summed E-state index contributed by atoms with van der Waals surface area (Å²) in [5.74, 6) is -0.00215. The van der Waals surface area contributed by atoms with Crippen molar-refractivity contribution in [2.75, 3.05) is 0 Å². The van der Waals surface area contributed by atoms with Gasteiger partial charge < -0.3 is 16.0 Å². The minimum atomic E-state index is -0.296. The Morgan fingerprint density at radius 1 is 1.18 bits per heavy atom. The SMILES string of the molecule is O=C1CC[C@@H](C(=O)NC2CC3CCC(C2)N3)N1. The molecule has 3 heterocycles. The van der Waals surface area contributed by atoms with Gasteiger partial charge in [-0.15, -0.1) is 0 Å². The summed E-state index contributed by atoms with van der Waals surface area (Å²) in [5.41, 5.74) is 0. The van der Waals surface area contributed by atoms with Gasteiger partial charge in [0.15, 0.2) is 0 Å². The van der Waals surface area contributed by atoms with Gasteiger partial charge in [-0.3, -0.25) is 9.59 Å². The monoisotopic (exact) mass is 237 g/mol. The maximum absolute atomic E-state index is 11.9. The highest BCUT2D eigenvalue weighted by atomic mass is 16.2. The average molecular weight is 237 g/mol. The third kappa shape index (κ3) is 2.29. The van der Waals surface area contributed by atoms with Crippen LogP contribution in [-0.4, -0.2) is 36.0 Å². The molecule has 2 amide bonds. The number of carbonyl (C=O) groups excluding carboxylic acids is 2. The van der Waals surface area contributed by atoms with Crippen LogP contribution in [0.3, 0.4) is 0 Å². The molecule has 0 saturated carbocycles. The van der Waals surface area contributed by atoms with E-state index in [0.29, 0.717) is 31.0 Å². The van der Waals surface area contributed by atoms with E-state index in [9.17, 15) is 9.59 Å². The summed E-state index contributed by atoms with van der Waals surface area (Å²) in [6, 6.07) is 1.16. The van der Waals surface area contributed by atoms with Gasteiger partial charge in [-0.25, -0.2) is 0 Å². The molecule has 0 aromatic heterocycles. The lowest BCUT2D eigenvalue weighted by Gasteiger charge is -2.30. The molecule has 2 bridgehead atoms.